The first kappa shape index (κ1) is 14.8. The van der Waals surface area contributed by atoms with Crippen LogP contribution in [-0.2, 0) is 25.5 Å². The van der Waals surface area contributed by atoms with Crippen molar-refractivity contribution in [3.63, 3.8) is 0 Å². The van der Waals surface area contributed by atoms with E-state index in [2.05, 4.69) is 10.3 Å². The minimum absolute atomic E-state index is 0.0329. The van der Waals surface area contributed by atoms with E-state index >= 15 is 0 Å². The number of hydrogen-bond donors (Lipinski definition) is 2. The van der Waals surface area contributed by atoms with Crippen molar-refractivity contribution in [2.24, 2.45) is 0 Å². The molecule has 0 saturated heterocycles. The summed E-state index contributed by atoms with van der Waals surface area (Å²) < 4.78 is 4.76. The number of aromatic nitrogens is 1. The van der Waals surface area contributed by atoms with Gasteiger partial charge in [0.05, 0.1) is 18.7 Å². The molecule has 0 radical (unpaired) electrons. The Balaban J connectivity index is 2.53. The first-order valence-corrected chi connectivity index (χ1v) is 6.21. The van der Waals surface area contributed by atoms with Crippen LogP contribution in [0.15, 0.2) is 17.5 Å². The molecule has 0 aromatic carbocycles. The normalized spacial score (nSPS) is 10.4. The fourth-order valence-electron chi connectivity index (χ4n) is 1.10. The second-order valence-electron chi connectivity index (χ2n) is 3.29. The van der Waals surface area contributed by atoms with Gasteiger partial charge in [-0.3, -0.25) is 14.9 Å². The van der Waals surface area contributed by atoms with Crippen LogP contribution in [0.25, 0.3) is 0 Å². The third kappa shape index (κ3) is 5.77. The van der Waals surface area contributed by atoms with Crippen molar-refractivity contribution >= 4 is 34.3 Å². The van der Waals surface area contributed by atoms with Crippen molar-refractivity contribution < 1.29 is 24.2 Å². The zero-order chi connectivity index (χ0) is 14.3. The number of rotatable bonds is 6. The summed E-state index contributed by atoms with van der Waals surface area (Å²) >= 11 is 1.14. The number of thiazole rings is 1. The Morgan fingerprint density at radius 2 is 2.21 bits per heavy atom. The predicted octanol–water partition coefficient (Wildman–Crippen LogP) is 0.828. The van der Waals surface area contributed by atoms with Crippen LogP contribution in [0.5, 0.6) is 0 Å². The summed E-state index contributed by atoms with van der Waals surface area (Å²) in [5, 5.41) is 12.6. The Bertz CT molecular complexity index is 509. The van der Waals surface area contributed by atoms with Crippen LogP contribution in [0.3, 0.4) is 0 Å². The van der Waals surface area contributed by atoms with E-state index in [1.165, 1.54) is 0 Å². The maximum absolute atomic E-state index is 11.3. The molecule has 1 heterocycles. The first-order valence-electron chi connectivity index (χ1n) is 5.33. The molecular weight excluding hydrogens is 272 g/mol. The van der Waals surface area contributed by atoms with Crippen LogP contribution in [0.1, 0.15) is 12.6 Å². The number of hydrogen-bond acceptors (Lipinski definition) is 6. The summed E-state index contributed by atoms with van der Waals surface area (Å²) in [6, 6.07) is 0. The van der Waals surface area contributed by atoms with Crippen LogP contribution in [0.2, 0.25) is 0 Å². The minimum Gasteiger partial charge on any atom is -0.478 e. The summed E-state index contributed by atoms with van der Waals surface area (Å²) in [5.74, 6) is -2.20. The zero-order valence-electron chi connectivity index (χ0n) is 10.1. The lowest BCUT2D eigenvalue weighted by molar-refractivity contribution is -0.142. The molecule has 2 N–H and O–H groups in total. The topological polar surface area (TPSA) is 106 Å². The highest BCUT2D eigenvalue weighted by Crippen LogP contribution is 2.16. The zero-order valence-corrected chi connectivity index (χ0v) is 10.9. The maximum atomic E-state index is 11.3. The summed E-state index contributed by atoms with van der Waals surface area (Å²) in [7, 11) is 0. The van der Waals surface area contributed by atoms with E-state index in [4.69, 9.17) is 9.84 Å². The largest absolute Gasteiger partial charge is 0.478 e. The predicted molar refractivity (Wildman–Crippen MR) is 67.9 cm³/mol. The van der Waals surface area contributed by atoms with E-state index in [9.17, 15) is 14.4 Å². The molecule has 0 aliphatic heterocycles. The van der Waals surface area contributed by atoms with Gasteiger partial charge in [-0.2, -0.15) is 0 Å². The number of carbonyl (C=O) groups excluding carboxylic acids is 2. The summed E-state index contributed by atoms with van der Waals surface area (Å²) in [4.78, 5) is 36.7. The van der Waals surface area contributed by atoms with E-state index in [1.807, 2.05) is 0 Å². The van der Waals surface area contributed by atoms with Crippen LogP contribution in [0.4, 0.5) is 5.13 Å². The molecule has 0 fully saturated rings. The van der Waals surface area contributed by atoms with Gasteiger partial charge in [-0.25, -0.2) is 9.78 Å². The SMILES string of the molecule is CCOC(=O)Cc1csc(NC(=O)/C=C\C(=O)O)n1. The minimum atomic E-state index is -1.21. The highest BCUT2D eigenvalue weighted by Gasteiger charge is 2.09. The molecule has 102 valence electrons. The Labute approximate surface area is 112 Å². The molecule has 0 atom stereocenters. The summed E-state index contributed by atoms with van der Waals surface area (Å²) in [6.45, 7) is 2.01. The van der Waals surface area contributed by atoms with Gasteiger partial charge in [0.15, 0.2) is 5.13 Å². The van der Waals surface area contributed by atoms with Gasteiger partial charge in [0.1, 0.15) is 0 Å². The number of carboxylic acid groups (broad SMARTS) is 1. The second kappa shape index (κ2) is 7.27. The molecule has 0 unspecified atom stereocenters. The van der Waals surface area contributed by atoms with Crippen LogP contribution >= 0.6 is 11.3 Å². The Morgan fingerprint density at radius 3 is 2.84 bits per heavy atom. The number of amides is 1. The average molecular weight is 284 g/mol. The van der Waals surface area contributed by atoms with Crippen molar-refractivity contribution in [2.75, 3.05) is 11.9 Å². The number of nitrogens with zero attached hydrogens (tertiary/aromatic N) is 1. The molecule has 7 nitrogen and oxygen atoms in total. The Morgan fingerprint density at radius 1 is 1.47 bits per heavy atom. The third-order valence-corrected chi connectivity index (χ3v) is 2.60. The van der Waals surface area contributed by atoms with Gasteiger partial charge < -0.3 is 9.84 Å². The lowest BCUT2D eigenvalue weighted by atomic mass is 10.3. The molecule has 1 rings (SSSR count). The van der Waals surface area contributed by atoms with Gasteiger partial charge in [-0.05, 0) is 6.92 Å². The van der Waals surface area contributed by atoms with Crippen molar-refractivity contribution in [1.29, 1.82) is 0 Å². The van der Waals surface area contributed by atoms with Crippen molar-refractivity contribution in [3.8, 4) is 0 Å². The smallest absolute Gasteiger partial charge is 0.328 e. The number of aliphatic carboxylic acids is 1. The standard InChI is InChI=1S/C11H12N2O5S/c1-2-18-10(17)5-7-6-19-11(12-7)13-8(14)3-4-9(15)16/h3-4,6H,2,5H2,1H3,(H,15,16)(H,12,13,14)/b4-3-. The highest BCUT2D eigenvalue weighted by molar-refractivity contribution is 7.14. The highest BCUT2D eigenvalue weighted by atomic mass is 32.1. The fourth-order valence-corrected chi connectivity index (χ4v) is 1.81. The summed E-state index contributed by atoms with van der Waals surface area (Å²) in [5.41, 5.74) is 0.487. The van der Waals surface area contributed by atoms with E-state index in [0.29, 0.717) is 17.4 Å². The number of ether oxygens (including phenoxy) is 1. The molecule has 0 aliphatic rings. The average Bonchev–Trinajstić information content (AvgIpc) is 2.74. The Kier molecular flexibility index (Phi) is 5.68. The van der Waals surface area contributed by atoms with Crippen molar-refractivity contribution in [2.45, 2.75) is 13.3 Å². The Hall–Kier alpha value is -2.22. The first-order chi connectivity index (χ1) is 9.01. The third-order valence-electron chi connectivity index (χ3n) is 1.79. The van der Waals surface area contributed by atoms with Crippen molar-refractivity contribution in [3.05, 3.63) is 23.2 Å². The van der Waals surface area contributed by atoms with Crippen LogP contribution < -0.4 is 5.32 Å². The van der Waals surface area contributed by atoms with E-state index in [1.54, 1.807) is 12.3 Å². The van der Waals surface area contributed by atoms with Gasteiger partial charge in [-0.1, -0.05) is 0 Å². The van der Waals surface area contributed by atoms with E-state index in [0.717, 1.165) is 23.5 Å². The molecule has 19 heavy (non-hydrogen) atoms. The van der Waals surface area contributed by atoms with Gasteiger partial charge in [0.2, 0.25) is 5.91 Å². The molecule has 1 amide bonds. The molecule has 1 aromatic rings. The lowest BCUT2D eigenvalue weighted by Gasteiger charge is -1.98. The molecule has 0 bridgehead atoms. The molecular formula is C11H12N2O5S. The number of nitrogens with one attached hydrogen (secondary N) is 1. The number of esters is 1. The van der Waals surface area contributed by atoms with Gasteiger partial charge >= 0.3 is 11.9 Å². The van der Waals surface area contributed by atoms with Gasteiger partial charge in [0, 0.05) is 17.5 Å². The van der Waals surface area contributed by atoms with E-state index < -0.39 is 17.8 Å². The monoisotopic (exact) mass is 284 g/mol. The number of carboxylic acids is 1. The van der Waals surface area contributed by atoms with Crippen molar-refractivity contribution in [1.82, 2.24) is 4.98 Å². The fraction of sp³-hybridized carbons (Fsp3) is 0.273. The number of carbonyl (C=O) groups is 3. The molecule has 0 aliphatic carbocycles. The maximum Gasteiger partial charge on any atom is 0.328 e. The quantitative estimate of drug-likeness (QED) is 0.592. The molecule has 0 saturated carbocycles. The number of anilines is 1. The molecule has 1 aromatic heterocycles. The van der Waals surface area contributed by atoms with Crippen LogP contribution in [-0.4, -0.2) is 34.5 Å². The van der Waals surface area contributed by atoms with Crippen LogP contribution in [0, 0.1) is 0 Å². The van der Waals surface area contributed by atoms with E-state index in [-0.39, 0.29) is 6.42 Å². The molecule has 0 spiro atoms. The van der Waals surface area contributed by atoms with Gasteiger partial charge in [0.25, 0.3) is 0 Å². The lowest BCUT2D eigenvalue weighted by Crippen LogP contribution is -2.10. The summed E-state index contributed by atoms with van der Waals surface area (Å²) in [6.07, 6.45) is 1.64. The molecule has 8 heteroatoms. The van der Waals surface area contributed by atoms with Gasteiger partial charge in [-0.15, -0.1) is 11.3 Å². The second-order valence-corrected chi connectivity index (χ2v) is 4.14.